The highest BCUT2D eigenvalue weighted by Crippen LogP contribution is 2.28. The first kappa shape index (κ1) is 25.9. The van der Waals surface area contributed by atoms with Gasteiger partial charge in [0, 0.05) is 52.6 Å². The van der Waals surface area contributed by atoms with E-state index in [4.69, 9.17) is 4.98 Å². The predicted molar refractivity (Wildman–Crippen MR) is 146 cm³/mol. The molecule has 3 heterocycles. The Morgan fingerprint density at radius 2 is 1.76 bits per heavy atom. The van der Waals surface area contributed by atoms with Crippen molar-refractivity contribution >= 4 is 17.0 Å². The summed E-state index contributed by atoms with van der Waals surface area (Å²) in [6.07, 6.45) is 7.43. The molecule has 1 aliphatic carbocycles. The highest BCUT2D eigenvalue weighted by Gasteiger charge is 2.23. The fraction of sp³-hybridized carbons (Fsp3) is 0.379. The van der Waals surface area contributed by atoms with Crippen molar-refractivity contribution in [3.05, 3.63) is 70.8 Å². The third-order valence-corrected chi connectivity index (χ3v) is 7.30. The first-order chi connectivity index (χ1) is 18.2. The Labute approximate surface area is 220 Å². The van der Waals surface area contributed by atoms with Gasteiger partial charge in [0.2, 0.25) is 5.95 Å². The maximum atomic E-state index is 15.1. The van der Waals surface area contributed by atoms with Crippen molar-refractivity contribution in [2.75, 3.05) is 19.4 Å². The summed E-state index contributed by atoms with van der Waals surface area (Å²) in [4.78, 5) is 29.4. The van der Waals surface area contributed by atoms with Crippen molar-refractivity contribution in [3.8, 4) is 22.4 Å². The van der Waals surface area contributed by atoms with Crippen molar-refractivity contribution in [1.82, 2.24) is 24.4 Å². The SMILES string of the molecule is CC(C)n1c(=O)c(-c2cnc(-c3cccc(F)c3)c(F)c2)cc2cnc(NC3CCC(N(C)C)CC3)nc21. The summed E-state index contributed by atoms with van der Waals surface area (Å²) < 4.78 is 30.3. The van der Waals surface area contributed by atoms with Gasteiger partial charge in [0.1, 0.15) is 23.0 Å². The molecule has 9 heteroatoms. The lowest BCUT2D eigenvalue weighted by Gasteiger charge is -2.33. The van der Waals surface area contributed by atoms with E-state index in [0.29, 0.717) is 39.7 Å². The predicted octanol–water partition coefficient (Wildman–Crippen LogP) is 5.66. The quantitative estimate of drug-likeness (QED) is 0.355. The molecule has 0 unspecified atom stereocenters. The first-order valence-corrected chi connectivity index (χ1v) is 13.0. The van der Waals surface area contributed by atoms with E-state index in [1.807, 2.05) is 13.8 Å². The number of nitrogens with zero attached hydrogens (tertiary/aromatic N) is 5. The van der Waals surface area contributed by atoms with Gasteiger partial charge in [0.15, 0.2) is 0 Å². The zero-order valence-electron chi connectivity index (χ0n) is 22.1. The summed E-state index contributed by atoms with van der Waals surface area (Å²) in [6, 6.07) is 9.25. The molecule has 0 radical (unpaired) electrons. The molecule has 0 atom stereocenters. The molecular formula is C29H32F2N6O. The third kappa shape index (κ3) is 5.15. The van der Waals surface area contributed by atoms with Crippen LogP contribution in [0.4, 0.5) is 14.7 Å². The molecule has 4 aromatic rings. The maximum Gasteiger partial charge on any atom is 0.260 e. The van der Waals surface area contributed by atoms with E-state index in [0.717, 1.165) is 25.7 Å². The molecular weight excluding hydrogens is 486 g/mol. The minimum atomic E-state index is -0.636. The van der Waals surface area contributed by atoms with Gasteiger partial charge in [-0.2, -0.15) is 4.98 Å². The molecule has 198 valence electrons. The van der Waals surface area contributed by atoms with Gasteiger partial charge in [0.25, 0.3) is 5.56 Å². The molecule has 0 bridgehead atoms. The molecule has 38 heavy (non-hydrogen) atoms. The van der Waals surface area contributed by atoms with Crippen molar-refractivity contribution in [1.29, 1.82) is 0 Å². The number of hydrogen-bond acceptors (Lipinski definition) is 6. The molecule has 5 rings (SSSR count). The normalized spacial score (nSPS) is 17.9. The topological polar surface area (TPSA) is 75.9 Å². The summed E-state index contributed by atoms with van der Waals surface area (Å²) >= 11 is 0. The Hall–Kier alpha value is -3.72. The Morgan fingerprint density at radius 3 is 2.42 bits per heavy atom. The molecule has 1 aliphatic rings. The van der Waals surface area contributed by atoms with Crippen molar-refractivity contribution < 1.29 is 8.78 Å². The molecule has 0 aliphatic heterocycles. The van der Waals surface area contributed by atoms with Crippen LogP contribution in [-0.4, -0.2) is 50.6 Å². The second kappa shape index (κ2) is 10.6. The van der Waals surface area contributed by atoms with Gasteiger partial charge in [-0.05, 0) is 77.9 Å². The van der Waals surface area contributed by atoms with E-state index in [9.17, 15) is 9.18 Å². The van der Waals surface area contributed by atoms with Gasteiger partial charge in [-0.1, -0.05) is 12.1 Å². The standard InChI is InChI=1S/C29H32F2N6O/c1-17(2)37-27-20(16-33-29(35-27)34-22-8-10-23(11-9-22)36(3)4)13-24(28(37)38)19-14-25(31)26(32-15-19)18-6-5-7-21(30)12-18/h5-7,12-17,22-23H,8-11H2,1-4H3,(H,33,34,35). The number of fused-ring (bicyclic) bond motifs is 1. The molecule has 3 aromatic heterocycles. The van der Waals surface area contributed by atoms with Gasteiger partial charge < -0.3 is 10.2 Å². The van der Waals surface area contributed by atoms with Crippen LogP contribution in [0.3, 0.4) is 0 Å². The zero-order valence-corrected chi connectivity index (χ0v) is 22.1. The Morgan fingerprint density at radius 1 is 1.00 bits per heavy atom. The van der Waals surface area contributed by atoms with Crippen LogP contribution < -0.4 is 10.9 Å². The minimum Gasteiger partial charge on any atom is -0.351 e. The molecule has 1 N–H and O–H groups in total. The summed E-state index contributed by atoms with van der Waals surface area (Å²) in [5.41, 5.74) is 1.23. The van der Waals surface area contributed by atoms with Crippen LogP contribution in [0, 0.1) is 11.6 Å². The average Bonchev–Trinajstić information content (AvgIpc) is 2.88. The van der Waals surface area contributed by atoms with E-state index in [1.165, 1.54) is 30.5 Å². The van der Waals surface area contributed by atoms with E-state index in [2.05, 4.69) is 34.3 Å². The third-order valence-electron chi connectivity index (χ3n) is 7.30. The van der Waals surface area contributed by atoms with Crippen molar-refractivity contribution in [2.45, 2.75) is 57.7 Å². The van der Waals surface area contributed by atoms with Crippen LogP contribution in [0.5, 0.6) is 0 Å². The number of pyridine rings is 2. The highest BCUT2D eigenvalue weighted by molar-refractivity contribution is 5.82. The first-order valence-electron chi connectivity index (χ1n) is 13.0. The van der Waals surface area contributed by atoms with Crippen molar-refractivity contribution in [3.63, 3.8) is 0 Å². The largest absolute Gasteiger partial charge is 0.351 e. The van der Waals surface area contributed by atoms with Gasteiger partial charge in [0.05, 0.1) is 0 Å². The molecule has 0 saturated heterocycles. The van der Waals surface area contributed by atoms with E-state index in [-0.39, 0.29) is 23.3 Å². The molecule has 7 nitrogen and oxygen atoms in total. The van der Waals surface area contributed by atoms with Crippen LogP contribution in [0.2, 0.25) is 0 Å². The number of halogens is 2. The molecule has 0 amide bonds. The van der Waals surface area contributed by atoms with Crippen LogP contribution in [0.15, 0.2) is 53.6 Å². The molecule has 1 aromatic carbocycles. The Balaban J connectivity index is 1.49. The van der Waals surface area contributed by atoms with Crippen molar-refractivity contribution in [2.24, 2.45) is 0 Å². The smallest absolute Gasteiger partial charge is 0.260 e. The average molecular weight is 519 g/mol. The fourth-order valence-electron chi connectivity index (χ4n) is 5.23. The van der Waals surface area contributed by atoms with Crippen LogP contribution in [0.1, 0.15) is 45.6 Å². The fourth-order valence-corrected chi connectivity index (χ4v) is 5.23. The molecule has 0 spiro atoms. The Kier molecular flexibility index (Phi) is 7.21. The monoisotopic (exact) mass is 518 g/mol. The number of nitrogens with one attached hydrogen (secondary N) is 1. The maximum absolute atomic E-state index is 15.1. The van der Waals surface area contributed by atoms with Crippen LogP contribution >= 0.6 is 0 Å². The Bertz CT molecular complexity index is 1530. The lowest BCUT2D eigenvalue weighted by atomic mass is 9.91. The number of aromatic nitrogens is 4. The zero-order chi connectivity index (χ0) is 27.0. The van der Waals surface area contributed by atoms with E-state index < -0.39 is 11.6 Å². The second-order valence-electron chi connectivity index (χ2n) is 10.5. The summed E-state index contributed by atoms with van der Waals surface area (Å²) in [5, 5.41) is 4.13. The number of hydrogen-bond donors (Lipinski definition) is 1. The number of anilines is 1. The highest BCUT2D eigenvalue weighted by atomic mass is 19.1. The van der Waals surface area contributed by atoms with E-state index >= 15 is 4.39 Å². The van der Waals surface area contributed by atoms with Gasteiger partial charge in [-0.25, -0.2) is 13.8 Å². The second-order valence-corrected chi connectivity index (χ2v) is 10.5. The van der Waals surface area contributed by atoms with E-state index in [1.54, 1.807) is 22.9 Å². The lowest BCUT2D eigenvalue weighted by molar-refractivity contribution is 0.221. The van der Waals surface area contributed by atoms with Gasteiger partial charge in [-0.15, -0.1) is 0 Å². The lowest BCUT2D eigenvalue weighted by Crippen LogP contribution is -2.36. The number of rotatable bonds is 6. The van der Waals surface area contributed by atoms with Crippen LogP contribution in [0.25, 0.3) is 33.4 Å². The number of benzene rings is 1. The van der Waals surface area contributed by atoms with Crippen LogP contribution in [-0.2, 0) is 0 Å². The summed E-state index contributed by atoms with van der Waals surface area (Å²) in [7, 11) is 4.24. The minimum absolute atomic E-state index is 0.0249. The molecule has 1 fully saturated rings. The summed E-state index contributed by atoms with van der Waals surface area (Å²) in [5.74, 6) is -0.611. The van der Waals surface area contributed by atoms with Gasteiger partial charge in [-0.3, -0.25) is 14.3 Å². The van der Waals surface area contributed by atoms with Gasteiger partial charge >= 0.3 is 0 Å². The summed E-state index contributed by atoms with van der Waals surface area (Å²) in [6.45, 7) is 3.82. The molecule has 1 saturated carbocycles.